The van der Waals surface area contributed by atoms with Crippen LogP contribution < -0.4 is 5.73 Å². The summed E-state index contributed by atoms with van der Waals surface area (Å²) in [7, 11) is 0. The molecule has 0 aliphatic heterocycles. The lowest BCUT2D eigenvalue weighted by molar-refractivity contribution is 0.475. The van der Waals surface area contributed by atoms with Gasteiger partial charge in [-0.05, 0) is 48.4 Å². The standard InChI is InChI=1S/C13H13NOS/c14-11-7-10(11)13-6-5-12(16-13)8-1-3-9(15)4-2-8/h1-6,10-11,15H,7,14H2/t10-,11+/m0/s1. The Bertz CT molecular complexity index is 503. The van der Waals surface area contributed by atoms with Gasteiger partial charge in [-0.1, -0.05) is 0 Å². The maximum Gasteiger partial charge on any atom is 0.115 e. The molecule has 0 amide bonds. The fourth-order valence-corrected chi connectivity index (χ4v) is 3.08. The Morgan fingerprint density at radius 1 is 1.12 bits per heavy atom. The molecule has 1 aromatic carbocycles. The van der Waals surface area contributed by atoms with Crippen molar-refractivity contribution in [2.45, 2.75) is 18.4 Å². The van der Waals surface area contributed by atoms with Gasteiger partial charge in [-0.25, -0.2) is 0 Å². The van der Waals surface area contributed by atoms with Crippen molar-refractivity contribution in [3.05, 3.63) is 41.3 Å². The average molecular weight is 231 g/mol. The van der Waals surface area contributed by atoms with Crippen LogP contribution in [0.15, 0.2) is 36.4 Å². The Kier molecular flexibility index (Phi) is 2.23. The van der Waals surface area contributed by atoms with Crippen LogP contribution in [0.5, 0.6) is 5.75 Å². The number of phenols is 1. The van der Waals surface area contributed by atoms with E-state index in [1.807, 2.05) is 12.1 Å². The van der Waals surface area contributed by atoms with Gasteiger partial charge in [0.15, 0.2) is 0 Å². The van der Waals surface area contributed by atoms with Crippen molar-refractivity contribution in [3.63, 3.8) is 0 Å². The predicted octanol–water partition coefficient (Wildman–Crippen LogP) is 2.94. The predicted molar refractivity (Wildman–Crippen MR) is 66.8 cm³/mol. The first kappa shape index (κ1) is 9.87. The lowest BCUT2D eigenvalue weighted by atomic mass is 10.2. The van der Waals surface area contributed by atoms with Crippen molar-refractivity contribution >= 4 is 11.3 Å². The number of phenolic OH excluding ortho intramolecular Hbond substituents is 1. The number of hydrogen-bond acceptors (Lipinski definition) is 3. The van der Waals surface area contributed by atoms with Crippen LogP contribution in [0.2, 0.25) is 0 Å². The summed E-state index contributed by atoms with van der Waals surface area (Å²) in [5.74, 6) is 0.889. The number of thiophene rings is 1. The van der Waals surface area contributed by atoms with Crippen LogP contribution in [0.25, 0.3) is 10.4 Å². The number of aromatic hydroxyl groups is 1. The van der Waals surface area contributed by atoms with Gasteiger partial charge in [-0.2, -0.15) is 0 Å². The molecule has 1 aliphatic carbocycles. The van der Waals surface area contributed by atoms with Gasteiger partial charge in [0.2, 0.25) is 0 Å². The Balaban J connectivity index is 1.89. The van der Waals surface area contributed by atoms with Gasteiger partial charge in [0.05, 0.1) is 0 Å². The van der Waals surface area contributed by atoms with Gasteiger partial charge in [0, 0.05) is 21.7 Å². The molecular weight excluding hydrogens is 218 g/mol. The number of nitrogens with two attached hydrogens (primary N) is 1. The molecule has 1 fully saturated rings. The third-order valence-corrected chi connectivity index (χ3v) is 4.25. The summed E-state index contributed by atoms with van der Waals surface area (Å²) >= 11 is 1.80. The van der Waals surface area contributed by atoms with E-state index in [9.17, 15) is 5.11 Å². The first-order chi connectivity index (χ1) is 7.74. The average Bonchev–Trinajstić information content (AvgIpc) is 2.82. The fourth-order valence-electron chi connectivity index (χ4n) is 1.87. The van der Waals surface area contributed by atoms with Gasteiger partial charge in [-0.3, -0.25) is 0 Å². The SMILES string of the molecule is N[C@@H]1C[C@@H]1c1ccc(-c2ccc(O)cc2)s1. The molecule has 3 rings (SSSR count). The zero-order valence-corrected chi connectivity index (χ0v) is 9.58. The third-order valence-electron chi connectivity index (χ3n) is 2.98. The third kappa shape index (κ3) is 1.72. The Hall–Kier alpha value is -1.32. The van der Waals surface area contributed by atoms with Gasteiger partial charge >= 0.3 is 0 Å². The lowest BCUT2D eigenvalue weighted by Gasteiger charge is -1.97. The van der Waals surface area contributed by atoms with E-state index in [2.05, 4.69) is 12.1 Å². The summed E-state index contributed by atoms with van der Waals surface area (Å²) in [6, 6.07) is 12.0. The monoisotopic (exact) mass is 231 g/mol. The van der Waals surface area contributed by atoms with Crippen LogP contribution in [0.3, 0.4) is 0 Å². The summed E-state index contributed by atoms with van der Waals surface area (Å²) in [5, 5.41) is 9.23. The van der Waals surface area contributed by atoms with E-state index >= 15 is 0 Å². The molecule has 2 atom stereocenters. The zero-order chi connectivity index (χ0) is 11.1. The summed E-state index contributed by atoms with van der Waals surface area (Å²) in [4.78, 5) is 2.63. The molecule has 1 aromatic heterocycles. The Morgan fingerprint density at radius 3 is 2.44 bits per heavy atom. The minimum Gasteiger partial charge on any atom is -0.508 e. The molecule has 0 bridgehead atoms. The van der Waals surface area contributed by atoms with Crippen molar-refractivity contribution in [1.82, 2.24) is 0 Å². The van der Waals surface area contributed by atoms with Crippen LogP contribution in [0.1, 0.15) is 17.2 Å². The minimum absolute atomic E-state index is 0.310. The van der Waals surface area contributed by atoms with E-state index in [4.69, 9.17) is 5.73 Å². The topological polar surface area (TPSA) is 46.2 Å². The highest BCUT2D eigenvalue weighted by molar-refractivity contribution is 7.15. The molecular formula is C13H13NOS. The van der Waals surface area contributed by atoms with Gasteiger partial charge in [-0.15, -0.1) is 11.3 Å². The highest BCUT2D eigenvalue weighted by Crippen LogP contribution is 2.44. The van der Waals surface area contributed by atoms with E-state index in [1.54, 1.807) is 23.5 Å². The molecule has 16 heavy (non-hydrogen) atoms. The number of benzene rings is 1. The van der Waals surface area contributed by atoms with Crippen molar-refractivity contribution in [1.29, 1.82) is 0 Å². The van der Waals surface area contributed by atoms with E-state index in [0.29, 0.717) is 17.7 Å². The second kappa shape index (κ2) is 3.61. The van der Waals surface area contributed by atoms with Gasteiger partial charge in [0.1, 0.15) is 5.75 Å². The van der Waals surface area contributed by atoms with Crippen LogP contribution in [0, 0.1) is 0 Å². The van der Waals surface area contributed by atoms with Crippen LogP contribution in [-0.4, -0.2) is 11.1 Å². The van der Waals surface area contributed by atoms with Gasteiger partial charge in [0.25, 0.3) is 0 Å². The second-order valence-corrected chi connectivity index (χ2v) is 5.37. The molecule has 1 saturated carbocycles. The quantitative estimate of drug-likeness (QED) is 0.834. The smallest absolute Gasteiger partial charge is 0.115 e. The molecule has 2 nitrogen and oxygen atoms in total. The summed E-state index contributed by atoms with van der Waals surface area (Å²) < 4.78 is 0. The van der Waals surface area contributed by atoms with E-state index in [-0.39, 0.29) is 0 Å². The molecule has 0 unspecified atom stereocenters. The molecule has 1 heterocycles. The number of hydrogen-bond donors (Lipinski definition) is 2. The van der Waals surface area contributed by atoms with Gasteiger partial charge < -0.3 is 10.8 Å². The summed E-state index contributed by atoms with van der Waals surface area (Å²) in [6.07, 6.45) is 1.12. The maximum absolute atomic E-state index is 9.23. The summed E-state index contributed by atoms with van der Waals surface area (Å²) in [6.45, 7) is 0. The first-order valence-corrected chi connectivity index (χ1v) is 6.20. The van der Waals surface area contributed by atoms with Crippen LogP contribution in [-0.2, 0) is 0 Å². The van der Waals surface area contributed by atoms with E-state index < -0.39 is 0 Å². The van der Waals surface area contributed by atoms with Crippen molar-refractivity contribution in [2.24, 2.45) is 5.73 Å². The Labute approximate surface area is 98.4 Å². The second-order valence-electron chi connectivity index (χ2n) is 4.25. The molecule has 2 aromatic rings. The van der Waals surface area contributed by atoms with E-state index in [1.165, 1.54) is 9.75 Å². The molecule has 0 saturated heterocycles. The highest BCUT2D eigenvalue weighted by atomic mass is 32.1. The van der Waals surface area contributed by atoms with Crippen LogP contribution in [0.4, 0.5) is 0 Å². The zero-order valence-electron chi connectivity index (χ0n) is 8.76. The largest absolute Gasteiger partial charge is 0.508 e. The number of rotatable bonds is 2. The minimum atomic E-state index is 0.310. The Morgan fingerprint density at radius 2 is 1.81 bits per heavy atom. The summed E-state index contributed by atoms with van der Waals surface area (Å²) in [5.41, 5.74) is 7.00. The van der Waals surface area contributed by atoms with Crippen molar-refractivity contribution in [3.8, 4) is 16.2 Å². The molecule has 0 radical (unpaired) electrons. The lowest BCUT2D eigenvalue weighted by Crippen LogP contribution is -1.99. The normalized spacial score (nSPS) is 23.3. The molecule has 82 valence electrons. The fraction of sp³-hybridized carbons (Fsp3) is 0.231. The van der Waals surface area contributed by atoms with Crippen molar-refractivity contribution in [2.75, 3.05) is 0 Å². The molecule has 0 spiro atoms. The molecule has 1 aliphatic rings. The highest BCUT2D eigenvalue weighted by Gasteiger charge is 2.35. The van der Waals surface area contributed by atoms with Crippen LogP contribution >= 0.6 is 11.3 Å². The first-order valence-electron chi connectivity index (χ1n) is 5.39. The van der Waals surface area contributed by atoms with E-state index in [0.717, 1.165) is 12.0 Å². The molecule has 3 heteroatoms. The maximum atomic E-state index is 9.23. The molecule has 3 N–H and O–H groups in total. The van der Waals surface area contributed by atoms with Crippen molar-refractivity contribution < 1.29 is 5.11 Å².